The highest BCUT2D eigenvalue weighted by atomic mass is 32.1. The first-order chi connectivity index (χ1) is 14.5. The number of hydrazine groups is 1. The topological polar surface area (TPSA) is 90.5 Å². The highest BCUT2D eigenvalue weighted by molar-refractivity contribution is 7.10. The average Bonchev–Trinajstić information content (AvgIpc) is 3.34. The molecule has 1 saturated heterocycles. The molecule has 2 fully saturated rings. The summed E-state index contributed by atoms with van der Waals surface area (Å²) in [6.07, 6.45) is 4.10. The van der Waals surface area contributed by atoms with E-state index in [0.717, 1.165) is 40.3 Å². The largest absolute Gasteiger partial charge is 0.344 e. The second kappa shape index (κ2) is 8.57. The van der Waals surface area contributed by atoms with Crippen molar-refractivity contribution >= 4 is 29.2 Å². The van der Waals surface area contributed by atoms with E-state index in [4.69, 9.17) is 0 Å². The van der Waals surface area contributed by atoms with Crippen molar-refractivity contribution in [2.45, 2.75) is 50.6 Å². The van der Waals surface area contributed by atoms with Crippen LogP contribution in [0.25, 0.3) is 0 Å². The Morgan fingerprint density at radius 2 is 1.90 bits per heavy atom. The summed E-state index contributed by atoms with van der Waals surface area (Å²) in [4.78, 5) is 38.8. The van der Waals surface area contributed by atoms with Gasteiger partial charge in [-0.25, -0.2) is 4.79 Å². The number of benzene rings is 1. The first kappa shape index (κ1) is 20.6. The zero-order valence-electron chi connectivity index (χ0n) is 16.9. The van der Waals surface area contributed by atoms with E-state index >= 15 is 0 Å². The smallest absolute Gasteiger partial charge is 0.322 e. The van der Waals surface area contributed by atoms with Crippen LogP contribution in [0, 0.1) is 6.92 Å². The summed E-state index contributed by atoms with van der Waals surface area (Å²) in [6.45, 7) is 2.00. The third-order valence-corrected chi connectivity index (χ3v) is 6.75. The molecule has 2 heterocycles. The van der Waals surface area contributed by atoms with Gasteiger partial charge in [-0.05, 0) is 36.8 Å². The lowest BCUT2D eigenvalue weighted by Crippen LogP contribution is -2.52. The zero-order chi connectivity index (χ0) is 21.1. The minimum Gasteiger partial charge on any atom is -0.322 e. The number of imide groups is 1. The Hall–Kier alpha value is -2.71. The number of carbonyl (C=O) groups is 3. The molecule has 158 valence electrons. The number of amides is 4. The molecule has 4 rings (SSSR count). The number of hydrogen-bond acceptors (Lipinski definition) is 5. The molecule has 8 heteroatoms. The van der Waals surface area contributed by atoms with Gasteiger partial charge in [0.1, 0.15) is 5.54 Å². The van der Waals surface area contributed by atoms with Gasteiger partial charge in [-0.1, -0.05) is 55.2 Å². The third-order valence-electron chi connectivity index (χ3n) is 5.81. The maximum absolute atomic E-state index is 12.8. The maximum Gasteiger partial charge on any atom is 0.344 e. The van der Waals surface area contributed by atoms with E-state index < -0.39 is 17.5 Å². The lowest BCUT2D eigenvalue weighted by atomic mass is 9.82. The Balaban J connectivity index is 1.41. The molecule has 1 aromatic carbocycles. The van der Waals surface area contributed by atoms with E-state index in [1.807, 2.05) is 48.7 Å². The molecule has 1 spiro atoms. The van der Waals surface area contributed by atoms with E-state index in [2.05, 4.69) is 16.1 Å². The Morgan fingerprint density at radius 1 is 1.17 bits per heavy atom. The molecule has 7 nitrogen and oxygen atoms in total. The van der Waals surface area contributed by atoms with Gasteiger partial charge in [-0.3, -0.25) is 20.3 Å². The van der Waals surface area contributed by atoms with Gasteiger partial charge in [-0.2, -0.15) is 5.01 Å². The third kappa shape index (κ3) is 4.11. The standard InChI is InChI=1S/C22H26N4O3S/c1-15-7-9-16(10-8-15)19(17-6-5-13-30-17)23-14-18(27)25-26-20(28)22(24-21(26)29)11-3-2-4-12-22/h5-10,13,19,23H,2-4,11-12,14H2,1H3,(H,24,29)(H,25,27)/t19-/m1/s1. The molecule has 1 aliphatic heterocycles. The van der Waals surface area contributed by atoms with Crippen LogP contribution < -0.4 is 16.1 Å². The van der Waals surface area contributed by atoms with Crippen LogP contribution in [0.3, 0.4) is 0 Å². The van der Waals surface area contributed by atoms with Crippen molar-refractivity contribution in [1.29, 1.82) is 0 Å². The lowest BCUT2D eigenvalue weighted by Gasteiger charge is -2.30. The molecule has 0 unspecified atom stereocenters. The van der Waals surface area contributed by atoms with E-state index in [1.54, 1.807) is 11.3 Å². The van der Waals surface area contributed by atoms with E-state index in [1.165, 1.54) is 0 Å². The van der Waals surface area contributed by atoms with Gasteiger partial charge in [0.25, 0.3) is 11.8 Å². The highest BCUT2D eigenvalue weighted by Crippen LogP contribution is 2.33. The molecule has 2 aromatic rings. The fourth-order valence-corrected chi connectivity index (χ4v) is 5.00. The van der Waals surface area contributed by atoms with Crippen molar-refractivity contribution in [3.8, 4) is 0 Å². The predicted molar refractivity (Wildman–Crippen MR) is 115 cm³/mol. The number of urea groups is 1. The van der Waals surface area contributed by atoms with Crippen LogP contribution in [0.4, 0.5) is 4.79 Å². The van der Waals surface area contributed by atoms with Gasteiger partial charge in [0.2, 0.25) is 0 Å². The van der Waals surface area contributed by atoms with Crippen molar-refractivity contribution in [2.24, 2.45) is 0 Å². The molecule has 2 aliphatic rings. The van der Waals surface area contributed by atoms with Gasteiger partial charge >= 0.3 is 6.03 Å². The SMILES string of the molecule is Cc1ccc([C@@H](NCC(=O)NN2C(=O)NC3(CCCCC3)C2=O)c2cccs2)cc1. The fourth-order valence-electron chi connectivity index (χ4n) is 4.17. The van der Waals surface area contributed by atoms with Gasteiger partial charge in [0.15, 0.2) is 0 Å². The first-order valence-corrected chi connectivity index (χ1v) is 11.2. The van der Waals surface area contributed by atoms with Gasteiger partial charge in [-0.15, -0.1) is 11.3 Å². The monoisotopic (exact) mass is 426 g/mol. The first-order valence-electron chi connectivity index (χ1n) is 10.3. The summed E-state index contributed by atoms with van der Waals surface area (Å²) in [6, 6.07) is 11.4. The molecule has 0 bridgehead atoms. The number of rotatable bonds is 6. The Kier molecular flexibility index (Phi) is 5.87. The van der Waals surface area contributed by atoms with E-state index in [9.17, 15) is 14.4 Å². The van der Waals surface area contributed by atoms with Gasteiger partial charge in [0.05, 0.1) is 12.6 Å². The van der Waals surface area contributed by atoms with Crippen molar-refractivity contribution in [3.05, 3.63) is 57.8 Å². The zero-order valence-corrected chi connectivity index (χ0v) is 17.8. The maximum atomic E-state index is 12.8. The molecule has 3 N–H and O–H groups in total. The Bertz CT molecular complexity index is 920. The van der Waals surface area contributed by atoms with Crippen LogP contribution in [-0.2, 0) is 9.59 Å². The number of hydrogen-bond donors (Lipinski definition) is 3. The summed E-state index contributed by atoms with van der Waals surface area (Å²) in [7, 11) is 0. The number of nitrogens with one attached hydrogen (secondary N) is 3. The molecule has 30 heavy (non-hydrogen) atoms. The van der Waals surface area contributed by atoms with E-state index in [0.29, 0.717) is 12.8 Å². The fraction of sp³-hybridized carbons (Fsp3) is 0.409. The molecule has 1 saturated carbocycles. The van der Waals surface area contributed by atoms with Gasteiger partial charge < -0.3 is 5.32 Å². The molecule has 1 atom stereocenters. The summed E-state index contributed by atoms with van der Waals surface area (Å²) in [5.74, 6) is -0.783. The van der Waals surface area contributed by atoms with Crippen LogP contribution in [0.2, 0.25) is 0 Å². The van der Waals surface area contributed by atoms with Gasteiger partial charge in [0, 0.05) is 4.88 Å². The quantitative estimate of drug-likeness (QED) is 0.620. The normalized spacial score (nSPS) is 19.0. The summed E-state index contributed by atoms with van der Waals surface area (Å²) in [5, 5.41) is 8.90. The molecule has 4 amide bonds. The Morgan fingerprint density at radius 3 is 2.57 bits per heavy atom. The van der Waals surface area contributed by atoms with Crippen molar-refractivity contribution < 1.29 is 14.4 Å². The molecule has 1 aromatic heterocycles. The van der Waals surface area contributed by atoms with E-state index in [-0.39, 0.29) is 18.5 Å². The van der Waals surface area contributed by atoms with Crippen molar-refractivity contribution in [2.75, 3.05) is 6.54 Å². The molecular weight excluding hydrogens is 400 g/mol. The average molecular weight is 427 g/mol. The summed E-state index contributed by atoms with van der Waals surface area (Å²) in [5.41, 5.74) is 3.85. The minimum atomic E-state index is -0.850. The Labute approximate surface area is 179 Å². The van der Waals surface area contributed by atoms with Crippen molar-refractivity contribution in [3.63, 3.8) is 0 Å². The van der Waals surface area contributed by atoms with Crippen LogP contribution >= 0.6 is 11.3 Å². The lowest BCUT2D eigenvalue weighted by molar-refractivity contribution is -0.139. The van der Waals surface area contributed by atoms with Crippen LogP contribution in [0.5, 0.6) is 0 Å². The second-order valence-corrected chi connectivity index (χ2v) is 8.97. The molecular formula is C22H26N4O3S. The second-order valence-electron chi connectivity index (χ2n) is 7.99. The minimum absolute atomic E-state index is 0.0273. The summed E-state index contributed by atoms with van der Waals surface area (Å²) < 4.78 is 0. The number of nitrogens with zero attached hydrogens (tertiary/aromatic N) is 1. The number of aryl methyl sites for hydroxylation is 1. The molecule has 1 aliphatic carbocycles. The van der Waals surface area contributed by atoms with Crippen LogP contribution in [0.1, 0.15) is 54.1 Å². The van der Waals surface area contributed by atoms with Crippen molar-refractivity contribution in [1.82, 2.24) is 21.1 Å². The predicted octanol–water partition coefficient (Wildman–Crippen LogP) is 3.02. The number of thiophene rings is 1. The van der Waals surface area contributed by atoms with Crippen LogP contribution in [0.15, 0.2) is 41.8 Å². The van der Waals surface area contributed by atoms with Crippen LogP contribution in [-0.4, -0.2) is 34.9 Å². The summed E-state index contributed by atoms with van der Waals surface area (Å²) >= 11 is 1.61. The number of carbonyl (C=O) groups excluding carboxylic acids is 3. The molecule has 0 radical (unpaired) electrons. The highest BCUT2D eigenvalue weighted by Gasteiger charge is 2.52.